The van der Waals surface area contributed by atoms with Gasteiger partial charge in [0, 0.05) is 25.5 Å². The molecule has 0 atom stereocenters. The van der Waals surface area contributed by atoms with Crippen LogP contribution in [0.3, 0.4) is 0 Å². The molecule has 0 aliphatic heterocycles. The molecule has 0 fully saturated rings. The van der Waals surface area contributed by atoms with Crippen LogP contribution < -0.4 is 5.56 Å². The molecule has 0 unspecified atom stereocenters. The van der Waals surface area contributed by atoms with Crippen molar-refractivity contribution >= 4 is 39.2 Å². The molecule has 1 amide bonds. The van der Waals surface area contributed by atoms with Crippen LogP contribution in [0.25, 0.3) is 10.2 Å². The molecule has 24 heavy (non-hydrogen) atoms. The smallest absolute Gasteiger partial charge is 0.262 e. The quantitative estimate of drug-likeness (QED) is 0.581. The van der Waals surface area contributed by atoms with Gasteiger partial charge in [-0.15, -0.1) is 11.3 Å². The number of aryl methyl sites for hydroxylation is 2. The summed E-state index contributed by atoms with van der Waals surface area (Å²) in [7, 11) is 3.36. The fraction of sp³-hybridized carbons (Fsp3) is 0.500. The van der Waals surface area contributed by atoms with Crippen LogP contribution in [0.4, 0.5) is 0 Å². The van der Waals surface area contributed by atoms with E-state index in [0.717, 1.165) is 21.7 Å². The number of carbonyl (C=O) groups is 1. The van der Waals surface area contributed by atoms with E-state index in [0.29, 0.717) is 23.5 Å². The van der Waals surface area contributed by atoms with Crippen LogP contribution in [0.2, 0.25) is 0 Å². The molecule has 0 N–H and O–H groups in total. The third kappa shape index (κ3) is 3.62. The molecule has 2 aromatic rings. The predicted molar refractivity (Wildman–Crippen MR) is 97.6 cm³/mol. The number of aromatic nitrogens is 2. The molecule has 0 spiro atoms. The third-order valence-corrected chi connectivity index (χ3v) is 5.91. The Balaban J connectivity index is 2.25. The number of rotatable bonds is 6. The van der Waals surface area contributed by atoms with Crippen molar-refractivity contribution in [2.75, 3.05) is 19.3 Å². The lowest BCUT2D eigenvalue weighted by Crippen LogP contribution is -2.29. The Bertz CT molecular complexity index is 864. The summed E-state index contributed by atoms with van der Waals surface area (Å²) in [6.07, 6.45) is 1.11. The molecule has 128 valence electrons. The van der Waals surface area contributed by atoms with Gasteiger partial charge in [-0.1, -0.05) is 18.7 Å². The van der Waals surface area contributed by atoms with Crippen molar-refractivity contribution in [1.29, 1.82) is 5.26 Å². The summed E-state index contributed by atoms with van der Waals surface area (Å²) < 4.78 is 1.51. The van der Waals surface area contributed by atoms with E-state index in [1.807, 2.05) is 19.9 Å². The van der Waals surface area contributed by atoms with Gasteiger partial charge in [0.2, 0.25) is 5.91 Å². The van der Waals surface area contributed by atoms with Gasteiger partial charge in [0.1, 0.15) is 4.83 Å². The van der Waals surface area contributed by atoms with Gasteiger partial charge in [-0.25, -0.2) is 4.98 Å². The van der Waals surface area contributed by atoms with Crippen molar-refractivity contribution in [1.82, 2.24) is 14.5 Å². The summed E-state index contributed by atoms with van der Waals surface area (Å²) in [6.45, 7) is 4.45. The molecular weight excluding hydrogens is 344 g/mol. The maximum Gasteiger partial charge on any atom is 0.262 e. The molecular formula is C16H20N4O2S2. The van der Waals surface area contributed by atoms with E-state index in [1.54, 1.807) is 14.1 Å². The highest BCUT2D eigenvalue weighted by Gasteiger charge is 2.17. The van der Waals surface area contributed by atoms with Crippen molar-refractivity contribution in [2.24, 2.45) is 7.05 Å². The van der Waals surface area contributed by atoms with Crippen LogP contribution >= 0.6 is 23.1 Å². The van der Waals surface area contributed by atoms with E-state index in [9.17, 15) is 9.59 Å². The number of nitriles is 1. The third-order valence-electron chi connectivity index (χ3n) is 3.86. The highest BCUT2D eigenvalue weighted by atomic mass is 32.2. The average Bonchev–Trinajstić information content (AvgIpc) is 2.89. The zero-order valence-electron chi connectivity index (χ0n) is 14.3. The standard InChI is InChI=1S/C16H20N4O2S2/c1-5-11-10(2)24-14-13(11)15(22)20(4)16(18-14)23-9-12(21)19(3)8-6-7-17/h5-6,8-9H2,1-4H3. The molecule has 2 rings (SSSR count). The van der Waals surface area contributed by atoms with Gasteiger partial charge in [0.05, 0.1) is 23.6 Å². The predicted octanol–water partition coefficient (Wildman–Crippen LogP) is 2.33. The van der Waals surface area contributed by atoms with E-state index in [-0.39, 0.29) is 17.2 Å². The monoisotopic (exact) mass is 364 g/mol. The van der Waals surface area contributed by atoms with Crippen molar-refractivity contribution < 1.29 is 4.79 Å². The van der Waals surface area contributed by atoms with E-state index in [4.69, 9.17) is 5.26 Å². The largest absolute Gasteiger partial charge is 0.344 e. The molecule has 6 nitrogen and oxygen atoms in total. The van der Waals surface area contributed by atoms with Gasteiger partial charge in [-0.2, -0.15) is 5.26 Å². The molecule has 2 aromatic heterocycles. The zero-order chi connectivity index (χ0) is 17.9. The SMILES string of the molecule is CCc1c(C)sc2nc(SCC(=O)N(C)CCC#N)n(C)c(=O)c12. The van der Waals surface area contributed by atoms with E-state index >= 15 is 0 Å². The molecule has 0 aliphatic rings. The number of hydrogen-bond donors (Lipinski definition) is 0. The Morgan fingerprint density at radius 1 is 1.50 bits per heavy atom. The second-order valence-electron chi connectivity index (χ2n) is 5.44. The van der Waals surface area contributed by atoms with Gasteiger partial charge in [-0.05, 0) is 18.9 Å². The number of hydrogen-bond acceptors (Lipinski definition) is 6. The van der Waals surface area contributed by atoms with Crippen molar-refractivity contribution in [3.05, 3.63) is 20.8 Å². The first-order chi connectivity index (χ1) is 11.4. The van der Waals surface area contributed by atoms with Crippen LogP contribution in [-0.4, -0.2) is 39.7 Å². The second-order valence-corrected chi connectivity index (χ2v) is 7.59. The Kier molecular flexibility index (Phi) is 6.02. The zero-order valence-corrected chi connectivity index (χ0v) is 15.9. The second kappa shape index (κ2) is 7.81. The first-order valence-corrected chi connectivity index (χ1v) is 9.43. The fourth-order valence-corrected chi connectivity index (χ4v) is 4.48. The highest BCUT2D eigenvalue weighted by Crippen LogP contribution is 2.29. The van der Waals surface area contributed by atoms with Crippen LogP contribution in [0.1, 0.15) is 23.8 Å². The first-order valence-electron chi connectivity index (χ1n) is 7.63. The van der Waals surface area contributed by atoms with Crippen molar-refractivity contribution in [3.8, 4) is 6.07 Å². The Morgan fingerprint density at radius 2 is 2.21 bits per heavy atom. The van der Waals surface area contributed by atoms with E-state index in [1.165, 1.54) is 32.6 Å². The van der Waals surface area contributed by atoms with Gasteiger partial charge in [0.15, 0.2) is 5.16 Å². The number of thioether (sulfide) groups is 1. The average molecular weight is 364 g/mol. The lowest BCUT2D eigenvalue weighted by molar-refractivity contribution is -0.127. The number of thiophene rings is 1. The van der Waals surface area contributed by atoms with Gasteiger partial charge in [-0.3, -0.25) is 14.2 Å². The van der Waals surface area contributed by atoms with Crippen LogP contribution in [0.15, 0.2) is 9.95 Å². The molecule has 8 heteroatoms. The summed E-state index contributed by atoms with van der Waals surface area (Å²) in [5.41, 5.74) is 1.00. The minimum absolute atomic E-state index is 0.0611. The van der Waals surface area contributed by atoms with Crippen molar-refractivity contribution in [2.45, 2.75) is 31.8 Å². The Labute approximate surface area is 149 Å². The number of fused-ring (bicyclic) bond motifs is 1. The maximum absolute atomic E-state index is 12.6. The molecule has 0 radical (unpaired) electrons. The highest BCUT2D eigenvalue weighted by molar-refractivity contribution is 7.99. The van der Waals surface area contributed by atoms with Gasteiger partial charge >= 0.3 is 0 Å². The lowest BCUT2D eigenvalue weighted by atomic mass is 10.1. The van der Waals surface area contributed by atoms with Crippen LogP contribution in [-0.2, 0) is 18.3 Å². The Morgan fingerprint density at radius 3 is 2.83 bits per heavy atom. The lowest BCUT2D eigenvalue weighted by Gasteiger charge is -2.15. The molecule has 0 saturated heterocycles. The summed E-state index contributed by atoms with van der Waals surface area (Å²) in [6, 6.07) is 2.02. The number of amides is 1. The minimum atomic E-state index is -0.0822. The van der Waals surface area contributed by atoms with Crippen LogP contribution in [0.5, 0.6) is 0 Å². The van der Waals surface area contributed by atoms with E-state index < -0.39 is 0 Å². The maximum atomic E-state index is 12.6. The molecule has 0 aliphatic carbocycles. The van der Waals surface area contributed by atoms with Gasteiger partial charge in [0.25, 0.3) is 5.56 Å². The molecule has 0 bridgehead atoms. The summed E-state index contributed by atoms with van der Waals surface area (Å²) >= 11 is 2.78. The van der Waals surface area contributed by atoms with Crippen LogP contribution in [0, 0.1) is 18.3 Å². The van der Waals surface area contributed by atoms with E-state index in [2.05, 4.69) is 4.98 Å². The van der Waals surface area contributed by atoms with Gasteiger partial charge < -0.3 is 4.90 Å². The molecule has 0 saturated carbocycles. The number of carbonyl (C=O) groups excluding carboxylic acids is 1. The summed E-state index contributed by atoms with van der Waals surface area (Å²) in [5.74, 6) is 0.111. The first kappa shape index (κ1) is 18.5. The Hall–Kier alpha value is -1.85. The number of nitrogens with zero attached hydrogens (tertiary/aromatic N) is 4. The van der Waals surface area contributed by atoms with Crippen molar-refractivity contribution in [3.63, 3.8) is 0 Å². The summed E-state index contributed by atoms with van der Waals surface area (Å²) in [5, 5.41) is 9.82. The molecule has 2 heterocycles. The minimum Gasteiger partial charge on any atom is -0.344 e. The normalized spacial score (nSPS) is 10.8. The summed E-state index contributed by atoms with van der Waals surface area (Å²) in [4.78, 5) is 32.7. The molecule has 0 aromatic carbocycles. The topological polar surface area (TPSA) is 79.0 Å². The fourth-order valence-electron chi connectivity index (χ4n) is 2.41.